The third kappa shape index (κ3) is 3.27. The van der Waals surface area contributed by atoms with Crippen LogP contribution in [0.4, 0.5) is 10.1 Å². The summed E-state index contributed by atoms with van der Waals surface area (Å²) < 4.78 is 20.3. The lowest BCUT2D eigenvalue weighted by molar-refractivity contribution is -0.133. The molecule has 5 heteroatoms. The SMILES string of the molecule is CC1(C)CN(c2ccc(C(N)=S)cc2F)CC(C)(C)O1. The van der Waals surface area contributed by atoms with Gasteiger partial charge >= 0.3 is 0 Å². The summed E-state index contributed by atoms with van der Waals surface area (Å²) in [6.45, 7) is 9.34. The van der Waals surface area contributed by atoms with Crippen molar-refractivity contribution >= 4 is 22.9 Å². The molecule has 0 unspecified atom stereocenters. The fourth-order valence-electron chi connectivity index (χ4n) is 2.87. The van der Waals surface area contributed by atoms with Gasteiger partial charge in [0.15, 0.2) is 0 Å². The van der Waals surface area contributed by atoms with Crippen molar-refractivity contribution in [1.29, 1.82) is 0 Å². The van der Waals surface area contributed by atoms with Crippen molar-refractivity contribution in [2.75, 3.05) is 18.0 Å². The maximum absolute atomic E-state index is 14.3. The number of halogens is 1. The van der Waals surface area contributed by atoms with Gasteiger partial charge in [-0.3, -0.25) is 0 Å². The number of hydrogen-bond donors (Lipinski definition) is 1. The fourth-order valence-corrected chi connectivity index (χ4v) is 3.00. The van der Waals surface area contributed by atoms with Crippen LogP contribution < -0.4 is 10.6 Å². The number of nitrogens with zero attached hydrogens (tertiary/aromatic N) is 1. The van der Waals surface area contributed by atoms with Crippen molar-refractivity contribution in [3.8, 4) is 0 Å². The zero-order chi connectivity index (χ0) is 15.1. The van der Waals surface area contributed by atoms with E-state index in [4.69, 9.17) is 22.7 Å². The molecule has 2 rings (SSSR count). The molecule has 0 aliphatic carbocycles. The summed E-state index contributed by atoms with van der Waals surface area (Å²) in [5.41, 5.74) is 6.00. The third-order valence-electron chi connectivity index (χ3n) is 3.27. The summed E-state index contributed by atoms with van der Waals surface area (Å²) in [6, 6.07) is 4.89. The molecule has 1 fully saturated rings. The molecule has 1 aliphatic heterocycles. The standard InChI is InChI=1S/C15H21FN2OS/c1-14(2)8-18(9-15(3,4)19-14)12-6-5-10(13(17)20)7-11(12)16/h5-7H,8-9H2,1-4H3,(H2,17,20). The molecule has 1 aliphatic rings. The third-order valence-corrected chi connectivity index (χ3v) is 3.50. The van der Waals surface area contributed by atoms with Gasteiger partial charge in [0.25, 0.3) is 0 Å². The van der Waals surface area contributed by atoms with Gasteiger partial charge in [0.05, 0.1) is 16.9 Å². The first-order valence-electron chi connectivity index (χ1n) is 6.64. The average molecular weight is 296 g/mol. The number of morpholine rings is 1. The highest BCUT2D eigenvalue weighted by Crippen LogP contribution is 2.32. The molecule has 0 saturated carbocycles. The van der Waals surface area contributed by atoms with Gasteiger partial charge in [-0.25, -0.2) is 4.39 Å². The van der Waals surface area contributed by atoms with Gasteiger partial charge in [-0.05, 0) is 45.9 Å². The van der Waals surface area contributed by atoms with E-state index in [-0.39, 0.29) is 22.0 Å². The average Bonchev–Trinajstić information content (AvgIpc) is 2.24. The Morgan fingerprint density at radius 2 is 1.80 bits per heavy atom. The second-order valence-corrected chi connectivity index (χ2v) is 6.95. The topological polar surface area (TPSA) is 38.5 Å². The van der Waals surface area contributed by atoms with Crippen LogP contribution in [0, 0.1) is 5.82 Å². The monoisotopic (exact) mass is 296 g/mol. The van der Waals surface area contributed by atoms with Gasteiger partial charge in [0, 0.05) is 18.7 Å². The van der Waals surface area contributed by atoms with E-state index in [0.717, 1.165) is 0 Å². The van der Waals surface area contributed by atoms with Crippen molar-refractivity contribution < 1.29 is 9.13 Å². The summed E-state index contributed by atoms with van der Waals surface area (Å²) in [6.07, 6.45) is 0. The molecular formula is C15H21FN2OS. The van der Waals surface area contributed by atoms with Crippen LogP contribution in [-0.4, -0.2) is 29.3 Å². The van der Waals surface area contributed by atoms with Crippen LogP contribution >= 0.6 is 12.2 Å². The van der Waals surface area contributed by atoms with Gasteiger partial charge in [0.2, 0.25) is 0 Å². The lowest BCUT2D eigenvalue weighted by Crippen LogP contribution is -2.57. The van der Waals surface area contributed by atoms with Crippen LogP contribution in [0.2, 0.25) is 0 Å². The normalized spacial score (nSPS) is 20.8. The Kier molecular flexibility index (Phi) is 3.77. The first kappa shape index (κ1) is 15.2. The molecule has 0 aromatic heterocycles. The zero-order valence-corrected chi connectivity index (χ0v) is 13.2. The molecule has 1 heterocycles. The quantitative estimate of drug-likeness (QED) is 0.852. The molecule has 1 aromatic rings. The lowest BCUT2D eigenvalue weighted by atomic mass is 9.98. The van der Waals surface area contributed by atoms with E-state index in [0.29, 0.717) is 24.3 Å². The summed E-state index contributed by atoms with van der Waals surface area (Å²) in [7, 11) is 0. The summed E-state index contributed by atoms with van der Waals surface area (Å²) in [5, 5.41) is 0. The van der Waals surface area contributed by atoms with Crippen molar-refractivity contribution in [2.24, 2.45) is 5.73 Å². The number of hydrogen-bond acceptors (Lipinski definition) is 3. The number of thiocarbonyl (C=S) groups is 1. The number of ether oxygens (including phenoxy) is 1. The van der Waals surface area contributed by atoms with E-state index in [1.807, 2.05) is 32.6 Å². The molecule has 0 radical (unpaired) electrons. The first-order chi connectivity index (χ1) is 9.10. The Morgan fingerprint density at radius 1 is 1.25 bits per heavy atom. The van der Waals surface area contributed by atoms with Crippen molar-refractivity contribution in [2.45, 2.75) is 38.9 Å². The molecule has 110 valence electrons. The minimum atomic E-state index is -0.323. The molecule has 0 atom stereocenters. The first-order valence-corrected chi connectivity index (χ1v) is 7.05. The van der Waals surface area contributed by atoms with Crippen LogP contribution in [0.5, 0.6) is 0 Å². The Morgan fingerprint density at radius 3 is 2.25 bits per heavy atom. The van der Waals surface area contributed by atoms with Crippen molar-refractivity contribution in [3.63, 3.8) is 0 Å². The maximum atomic E-state index is 14.3. The highest BCUT2D eigenvalue weighted by atomic mass is 32.1. The van der Waals surface area contributed by atoms with E-state index < -0.39 is 0 Å². The van der Waals surface area contributed by atoms with Crippen LogP contribution in [0.15, 0.2) is 18.2 Å². The van der Waals surface area contributed by atoms with Gasteiger partial charge < -0.3 is 15.4 Å². The van der Waals surface area contributed by atoms with E-state index >= 15 is 0 Å². The molecule has 1 saturated heterocycles. The van der Waals surface area contributed by atoms with Crippen LogP contribution in [0.3, 0.4) is 0 Å². The summed E-state index contributed by atoms with van der Waals surface area (Å²) in [5.74, 6) is -0.302. The molecule has 20 heavy (non-hydrogen) atoms. The number of nitrogens with two attached hydrogens (primary N) is 1. The predicted molar refractivity (Wildman–Crippen MR) is 83.7 cm³/mol. The zero-order valence-electron chi connectivity index (χ0n) is 12.4. The smallest absolute Gasteiger partial charge is 0.147 e. The van der Waals surface area contributed by atoms with Crippen molar-refractivity contribution in [3.05, 3.63) is 29.6 Å². The van der Waals surface area contributed by atoms with Crippen molar-refractivity contribution in [1.82, 2.24) is 0 Å². The van der Waals surface area contributed by atoms with Gasteiger partial charge in [0.1, 0.15) is 10.8 Å². The minimum Gasteiger partial charge on any atom is -0.389 e. The van der Waals surface area contributed by atoms with Crippen LogP contribution in [0.25, 0.3) is 0 Å². The number of benzene rings is 1. The molecule has 0 spiro atoms. The highest BCUT2D eigenvalue weighted by molar-refractivity contribution is 7.80. The molecule has 1 aromatic carbocycles. The second kappa shape index (κ2) is 4.97. The Labute approximate surface area is 124 Å². The van der Waals surface area contributed by atoms with Crippen LogP contribution in [0.1, 0.15) is 33.3 Å². The fraction of sp³-hybridized carbons (Fsp3) is 0.533. The Hall–Kier alpha value is -1.20. The molecular weight excluding hydrogens is 275 g/mol. The molecule has 2 N–H and O–H groups in total. The maximum Gasteiger partial charge on any atom is 0.147 e. The van der Waals surface area contributed by atoms with E-state index in [1.165, 1.54) is 6.07 Å². The Bertz CT molecular complexity index is 527. The van der Waals surface area contributed by atoms with E-state index in [2.05, 4.69) is 0 Å². The van der Waals surface area contributed by atoms with Gasteiger partial charge in [-0.15, -0.1) is 0 Å². The van der Waals surface area contributed by atoms with Gasteiger partial charge in [-0.1, -0.05) is 12.2 Å². The second-order valence-electron chi connectivity index (χ2n) is 6.51. The van der Waals surface area contributed by atoms with E-state index in [1.54, 1.807) is 12.1 Å². The lowest BCUT2D eigenvalue weighted by Gasteiger charge is -2.48. The molecule has 3 nitrogen and oxygen atoms in total. The molecule has 0 bridgehead atoms. The van der Waals surface area contributed by atoms with E-state index in [9.17, 15) is 4.39 Å². The van der Waals surface area contributed by atoms with Gasteiger partial charge in [-0.2, -0.15) is 0 Å². The van der Waals surface area contributed by atoms with Crippen LogP contribution in [-0.2, 0) is 4.74 Å². The largest absolute Gasteiger partial charge is 0.389 e. The highest BCUT2D eigenvalue weighted by Gasteiger charge is 2.38. The summed E-state index contributed by atoms with van der Waals surface area (Å²) in [4.78, 5) is 2.22. The summed E-state index contributed by atoms with van der Waals surface area (Å²) >= 11 is 4.87. The number of anilines is 1. The number of rotatable bonds is 2. The predicted octanol–water partition coefficient (Wildman–Crippen LogP) is 2.85. The molecule has 0 amide bonds. The Balaban J connectivity index is 2.34. The minimum absolute atomic E-state index is 0.207.